The number of nitrogens with one attached hydrogen (secondary N) is 3. The maximum absolute atomic E-state index is 13.2. The summed E-state index contributed by atoms with van der Waals surface area (Å²) < 4.78 is 5.60. The van der Waals surface area contributed by atoms with Gasteiger partial charge in [-0.25, -0.2) is 9.59 Å². The van der Waals surface area contributed by atoms with E-state index in [9.17, 15) is 19.2 Å². The molecule has 33 heavy (non-hydrogen) atoms. The van der Waals surface area contributed by atoms with Gasteiger partial charge in [0.2, 0.25) is 5.91 Å². The van der Waals surface area contributed by atoms with E-state index in [-0.39, 0.29) is 24.4 Å². The Kier molecular flexibility index (Phi) is 6.57. The molecule has 0 atom stereocenters. The highest BCUT2D eigenvalue weighted by Crippen LogP contribution is 2.38. The monoisotopic (exact) mass is 454 g/mol. The second-order valence-corrected chi connectivity index (χ2v) is 8.54. The number of ether oxygens (including phenoxy) is 1. The fraction of sp³-hybridized carbons (Fsp3) is 0.304. The van der Waals surface area contributed by atoms with Crippen molar-refractivity contribution in [2.45, 2.75) is 32.6 Å². The highest BCUT2D eigenvalue weighted by Gasteiger charge is 2.30. The molecule has 3 rings (SSSR count). The lowest BCUT2D eigenvalue weighted by molar-refractivity contribution is -0.120. The lowest BCUT2D eigenvalue weighted by Crippen LogP contribution is -2.49. The average molecular weight is 454 g/mol. The van der Waals surface area contributed by atoms with Crippen LogP contribution in [0.15, 0.2) is 36.4 Å². The van der Waals surface area contributed by atoms with Gasteiger partial charge in [0.15, 0.2) is 0 Å². The van der Waals surface area contributed by atoms with Gasteiger partial charge in [-0.1, -0.05) is 20.8 Å². The van der Waals surface area contributed by atoms with Gasteiger partial charge in [0, 0.05) is 35.6 Å². The van der Waals surface area contributed by atoms with E-state index in [0.717, 1.165) is 5.56 Å². The van der Waals surface area contributed by atoms with Gasteiger partial charge >= 0.3 is 12.1 Å². The van der Waals surface area contributed by atoms with Gasteiger partial charge < -0.3 is 15.2 Å². The minimum absolute atomic E-state index is 0.154. The molecular formula is C23H26N4O6. The highest BCUT2D eigenvalue weighted by atomic mass is 16.5. The van der Waals surface area contributed by atoms with Crippen LogP contribution in [0.2, 0.25) is 0 Å². The van der Waals surface area contributed by atoms with Crippen molar-refractivity contribution in [1.82, 2.24) is 5.32 Å². The summed E-state index contributed by atoms with van der Waals surface area (Å²) in [5.41, 5.74) is 1.80. The summed E-state index contributed by atoms with van der Waals surface area (Å²) in [6.07, 6.45) is -1.03. The summed E-state index contributed by atoms with van der Waals surface area (Å²) in [6.45, 7) is 6.08. The van der Waals surface area contributed by atoms with E-state index in [1.54, 1.807) is 24.3 Å². The van der Waals surface area contributed by atoms with Crippen molar-refractivity contribution in [3.63, 3.8) is 0 Å². The van der Waals surface area contributed by atoms with Crippen molar-refractivity contribution in [3.05, 3.63) is 47.5 Å². The molecule has 0 spiro atoms. The first-order chi connectivity index (χ1) is 15.5. The van der Waals surface area contributed by atoms with Crippen LogP contribution >= 0.6 is 0 Å². The van der Waals surface area contributed by atoms with Crippen molar-refractivity contribution in [2.24, 2.45) is 0 Å². The summed E-state index contributed by atoms with van der Waals surface area (Å²) in [6, 6.07) is 8.96. The van der Waals surface area contributed by atoms with Crippen molar-refractivity contribution in [3.8, 4) is 5.75 Å². The molecule has 1 fully saturated rings. The van der Waals surface area contributed by atoms with Crippen molar-refractivity contribution >= 4 is 41.0 Å². The van der Waals surface area contributed by atoms with E-state index in [1.807, 2.05) is 20.8 Å². The third-order valence-corrected chi connectivity index (χ3v) is 5.09. The van der Waals surface area contributed by atoms with Crippen molar-refractivity contribution in [1.29, 1.82) is 0 Å². The molecule has 174 valence electrons. The van der Waals surface area contributed by atoms with Gasteiger partial charge in [-0.05, 0) is 41.8 Å². The number of amides is 5. The summed E-state index contributed by atoms with van der Waals surface area (Å²) >= 11 is 0. The first-order valence-electron chi connectivity index (χ1n) is 10.2. The quantitative estimate of drug-likeness (QED) is 0.543. The van der Waals surface area contributed by atoms with Crippen LogP contribution in [0.5, 0.6) is 5.75 Å². The molecule has 0 unspecified atom stereocenters. The Bertz CT molecular complexity index is 1110. The van der Waals surface area contributed by atoms with Gasteiger partial charge in [0.05, 0.1) is 12.7 Å². The Morgan fingerprint density at radius 1 is 1.06 bits per heavy atom. The molecule has 4 N–H and O–H groups in total. The van der Waals surface area contributed by atoms with E-state index in [1.165, 1.54) is 24.1 Å². The fourth-order valence-corrected chi connectivity index (χ4v) is 3.48. The summed E-state index contributed by atoms with van der Waals surface area (Å²) in [5, 5.41) is 16.1. The predicted octanol–water partition coefficient (Wildman–Crippen LogP) is 3.78. The molecule has 0 saturated carbocycles. The largest absolute Gasteiger partial charge is 0.496 e. The van der Waals surface area contributed by atoms with Gasteiger partial charge in [-0.2, -0.15) is 0 Å². The molecule has 5 amide bonds. The maximum atomic E-state index is 13.2. The molecule has 10 heteroatoms. The number of carbonyl (C=O) groups is 4. The minimum Gasteiger partial charge on any atom is -0.496 e. The van der Waals surface area contributed by atoms with E-state index < -0.39 is 23.4 Å². The number of methoxy groups -OCH3 is 1. The molecule has 0 aromatic heterocycles. The average Bonchev–Trinajstić information content (AvgIpc) is 2.73. The zero-order chi connectivity index (χ0) is 24.3. The predicted molar refractivity (Wildman–Crippen MR) is 123 cm³/mol. The van der Waals surface area contributed by atoms with Crippen LogP contribution in [0.3, 0.4) is 0 Å². The third-order valence-electron chi connectivity index (χ3n) is 5.09. The van der Waals surface area contributed by atoms with Gasteiger partial charge in [-0.3, -0.25) is 25.1 Å². The maximum Gasteiger partial charge on any atom is 0.409 e. The lowest BCUT2D eigenvalue weighted by Gasteiger charge is -2.30. The van der Waals surface area contributed by atoms with Gasteiger partial charge in [-0.15, -0.1) is 0 Å². The Hall–Kier alpha value is -4.08. The fourth-order valence-electron chi connectivity index (χ4n) is 3.48. The lowest BCUT2D eigenvalue weighted by atomic mass is 9.84. The van der Waals surface area contributed by atoms with E-state index in [2.05, 4.69) is 16.0 Å². The molecular weight excluding hydrogens is 428 g/mol. The zero-order valence-electron chi connectivity index (χ0n) is 18.8. The topological polar surface area (TPSA) is 137 Å². The highest BCUT2D eigenvalue weighted by molar-refractivity contribution is 6.09. The van der Waals surface area contributed by atoms with E-state index >= 15 is 0 Å². The number of anilines is 3. The van der Waals surface area contributed by atoms with Gasteiger partial charge in [0.1, 0.15) is 5.75 Å². The van der Waals surface area contributed by atoms with E-state index in [0.29, 0.717) is 22.8 Å². The Morgan fingerprint density at radius 2 is 1.67 bits per heavy atom. The Balaban J connectivity index is 2.00. The van der Waals surface area contributed by atoms with Crippen LogP contribution in [-0.2, 0) is 10.2 Å². The molecule has 1 aliphatic rings. The standard InChI is InChI=1S/C23H26N4O6/c1-23(2,3)17-12-15(27-10-9-18(28)26-21(27)30)11-16(19(17)33-4)20(29)24-13-5-7-14(8-6-13)25-22(31)32/h5-8,11-12,25H,9-10H2,1-4H3,(H,24,29)(H,31,32)(H,26,28,30). The molecule has 2 aromatic carbocycles. The second kappa shape index (κ2) is 9.19. The second-order valence-electron chi connectivity index (χ2n) is 8.54. The van der Waals surface area contributed by atoms with Crippen LogP contribution in [0.25, 0.3) is 0 Å². The van der Waals surface area contributed by atoms with Crippen LogP contribution < -0.4 is 25.6 Å². The van der Waals surface area contributed by atoms with Crippen molar-refractivity contribution in [2.75, 3.05) is 29.2 Å². The summed E-state index contributed by atoms with van der Waals surface area (Å²) in [7, 11) is 1.47. The molecule has 0 aliphatic carbocycles. The summed E-state index contributed by atoms with van der Waals surface area (Å²) in [4.78, 5) is 49.4. The number of carboxylic acid groups (broad SMARTS) is 1. The number of benzene rings is 2. The van der Waals surface area contributed by atoms with E-state index in [4.69, 9.17) is 9.84 Å². The van der Waals surface area contributed by atoms with Crippen LogP contribution in [0.4, 0.5) is 26.7 Å². The first kappa shape index (κ1) is 23.6. The number of nitrogens with zero attached hydrogens (tertiary/aromatic N) is 1. The SMILES string of the molecule is COc1c(C(=O)Nc2ccc(NC(=O)O)cc2)cc(N2CCC(=O)NC2=O)cc1C(C)(C)C. The first-order valence-corrected chi connectivity index (χ1v) is 10.2. The van der Waals surface area contributed by atoms with Crippen LogP contribution in [0, 0.1) is 0 Å². The molecule has 2 aromatic rings. The smallest absolute Gasteiger partial charge is 0.409 e. The molecule has 1 saturated heterocycles. The molecule has 10 nitrogen and oxygen atoms in total. The molecule has 0 bridgehead atoms. The van der Waals surface area contributed by atoms with Crippen molar-refractivity contribution < 1.29 is 29.0 Å². The number of imide groups is 1. The number of urea groups is 1. The Labute approximate surface area is 190 Å². The van der Waals surface area contributed by atoms with Crippen LogP contribution in [0.1, 0.15) is 43.1 Å². The number of rotatable bonds is 5. The Morgan fingerprint density at radius 3 is 2.18 bits per heavy atom. The molecule has 1 aliphatic heterocycles. The molecule has 0 radical (unpaired) electrons. The van der Waals surface area contributed by atoms with Crippen LogP contribution in [-0.4, -0.2) is 42.7 Å². The molecule has 1 heterocycles. The number of hydrogen-bond acceptors (Lipinski definition) is 5. The third kappa shape index (κ3) is 5.40. The number of hydrogen-bond donors (Lipinski definition) is 4. The summed E-state index contributed by atoms with van der Waals surface area (Å²) in [5.74, 6) is -0.437. The number of carbonyl (C=O) groups excluding carboxylic acids is 3. The zero-order valence-corrected chi connectivity index (χ0v) is 18.8. The van der Waals surface area contributed by atoms with Gasteiger partial charge in [0.25, 0.3) is 5.91 Å². The minimum atomic E-state index is -1.19. The normalized spacial score (nSPS) is 13.9.